The summed E-state index contributed by atoms with van der Waals surface area (Å²) in [5.74, 6) is 1.33. The lowest BCUT2D eigenvalue weighted by molar-refractivity contribution is 0.00768. The number of rotatable bonds is 4. The second kappa shape index (κ2) is 4.51. The first-order valence-electron chi connectivity index (χ1n) is 5.83. The van der Waals surface area contributed by atoms with E-state index >= 15 is 0 Å². The fourth-order valence-electron chi connectivity index (χ4n) is 1.88. The molecule has 0 amide bonds. The van der Waals surface area contributed by atoms with Gasteiger partial charge in [-0.1, -0.05) is 5.16 Å². The average molecular weight is 225 g/mol. The second-order valence-corrected chi connectivity index (χ2v) is 4.71. The first-order chi connectivity index (χ1) is 7.60. The summed E-state index contributed by atoms with van der Waals surface area (Å²) in [6.45, 7) is 4.76. The van der Waals surface area contributed by atoms with Gasteiger partial charge in [0.15, 0.2) is 0 Å². The molecule has 0 radical (unpaired) electrons. The Morgan fingerprint density at radius 1 is 1.56 bits per heavy atom. The van der Waals surface area contributed by atoms with Crippen LogP contribution in [0.1, 0.15) is 44.8 Å². The zero-order chi connectivity index (χ0) is 11.6. The smallest absolute Gasteiger partial charge is 0.226 e. The highest BCUT2D eigenvalue weighted by Crippen LogP contribution is 2.33. The molecule has 90 valence electrons. The van der Waals surface area contributed by atoms with Crippen LogP contribution < -0.4 is 5.73 Å². The van der Waals surface area contributed by atoms with Crippen molar-refractivity contribution in [3.63, 3.8) is 0 Å². The van der Waals surface area contributed by atoms with Crippen LogP contribution in [-0.4, -0.2) is 22.8 Å². The van der Waals surface area contributed by atoms with Gasteiger partial charge in [-0.25, -0.2) is 0 Å². The highest BCUT2D eigenvalue weighted by atomic mass is 16.5. The third-order valence-corrected chi connectivity index (χ3v) is 2.97. The zero-order valence-electron chi connectivity index (χ0n) is 9.90. The van der Waals surface area contributed by atoms with Gasteiger partial charge in [-0.3, -0.25) is 0 Å². The standard InChI is InChI=1S/C11H19N3O2/c1-8(12)4-5-9-13-10(14-16-9)11(2)6-3-7-15-11/h8H,3-7,12H2,1-2H3. The Hall–Kier alpha value is -0.940. The van der Waals surface area contributed by atoms with Crippen LogP contribution in [0.15, 0.2) is 4.52 Å². The normalized spacial score (nSPS) is 27.2. The Morgan fingerprint density at radius 2 is 2.38 bits per heavy atom. The van der Waals surface area contributed by atoms with Gasteiger partial charge in [0.1, 0.15) is 5.60 Å². The van der Waals surface area contributed by atoms with E-state index in [-0.39, 0.29) is 11.6 Å². The first kappa shape index (κ1) is 11.5. The van der Waals surface area contributed by atoms with Gasteiger partial charge >= 0.3 is 0 Å². The first-order valence-corrected chi connectivity index (χ1v) is 5.83. The topological polar surface area (TPSA) is 74.2 Å². The van der Waals surface area contributed by atoms with E-state index in [9.17, 15) is 0 Å². The van der Waals surface area contributed by atoms with Gasteiger partial charge in [0.25, 0.3) is 0 Å². The highest BCUT2D eigenvalue weighted by Gasteiger charge is 2.36. The third-order valence-electron chi connectivity index (χ3n) is 2.97. The lowest BCUT2D eigenvalue weighted by atomic mass is 10.0. The molecule has 2 rings (SSSR count). The molecule has 0 aromatic carbocycles. The second-order valence-electron chi connectivity index (χ2n) is 4.71. The Balaban J connectivity index is 2.01. The maximum atomic E-state index is 5.68. The molecule has 1 aliphatic heterocycles. The molecule has 0 aliphatic carbocycles. The molecule has 5 nitrogen and oxygen atoms in total. The minimum absolute atomic E-state index is 0.161. The summed E-state index contributed by atoms with van der Waals surface area (Å²) in [6, 6.07) is 0.161. The quantitative estimate of drug-likeness (QED) is 0.837. The van der Waals surface area contributed by atoms with Gasteiger partial charge in [-0.15, -0.1) is 0 Å². The molecule has 0 bridgehead atoms. The van der Waals surface area contributed by atoms with Gasteiger partial charge in [-0.05, 0) is 33.1 Å². The number of nitrogens with zero attached hydrogens (tertiary/aromatic N) is 2. The Bertz CT molecular complexity index is 343. The fraction of sp³-hybridized carbons (Fsp3) is 0.818. The summed E-state index contributed by atoms with van der Waals surface area (Å²) < 4.78 is 10.9. The van der Waals surface area contributed by atoms with E-state index in [0.717, 1.165) is 32.3 Å². The molecule has 0 spiro atoms. The molecule has 1 aromatic rings. The monoisotopic (exact) mass is 225 g/mol. The van der Waals surface area contributed by atoms with Crippen molar-refractivity contribution in [2.45, 2.75) is 51.2 Å². The summed E-state index contributed by atoms with van der Waals surface area (Å²) in [5, 5.41) is 4.00. The molecule has 2 unspecified atom stereocenters. The summed E-state index contributed by atoms with van der Waals surface area (Å²) >= 11 is 0. The van der Waals surface area contributed by atoms with Gasteiger partial charge in [-0.2, -0.15) is 4.98 Å². The fourth-order valence-corrected chi connectivity index (χ4v) is 1.88. The number of aromatic nitrogens is 2. The number of hydrogen-bond donors (Lipinski definition) is 1. The Kier molecular flexibility index (Phi) is 3.25. The molecule has 2 N–H and O–H groups in total. The lowest BCUT2D eigenvalue weighted by Crippen LogP contribution is -2.21. The summed E-state index contributed by atoms with van der Waals surface area (Å²) in [7, 11) is 0. The van der Waals surface area contributed by atoms with Gasteiger partial charge < -0.3 is 15.0 Å². The number of hydrogen-bond acceptors (Lipinski definition) is 5. The van der Waals surface area contributed by atoms with E-state index in [0.29, 0.717) is 11.7 Å². The average Bonchev–Trinajstić information content (AvgIpc) is 2.84. The van der Waals surface area contributed by atoms with Crippen LogP contribution in [0, 0.1) is 0 Å². The van der Waals surface area contributed by atoms with E-state index in [1.807, 2.05) is 13.8 Å². The van der Waals surface area contributed by atoms with Crippen molar-refractivity contribution in [2.75, 3.05) is 6.61 Å². The summed E-state index contributed by atoms with van der Waals surface area (Å²) in [5.41, 5.74) is 5.33. The van der Waals surface area contributed by atoms with Crippen molar-refractivity contribution >= 4 is 0 Å². The molecule has 16 heavy (non-hydrogen) atoms. The summed E-state index contributed by atoms with van der Waals surface area (Å²) in [6.07, 6.45) is 3.61. The predicted octanol–water partition coefficient (Wildman–Crippen LogP) is 1.38. The highest BCUT2D eigenvalue weighted by molar-refractivity contribution is 5.01. The van der Waals surface area contributed by atoms with Crippen LogP contribution in [0.2, 0.25) is 0 Å². The van der Waals surface area contributed by atoms with Crippen molar-refractivity contribution in [1.29, 1.82) is 0 Å². The van der Waals surface area contributed by atoms with Crippen molar-refractivity contribution in [3.05, 3.63) is 11.7 Å². The zero-order valence-corrected chi connectivity index (χ0v) is 9.90. The molecular weight excluding hydrogens is 206 g/mol. The van der Waals surface area contributed by atoms with Gasteiger partial charge in [0.2, 0.25) is 11.7 Å². The minimum Gasteiger partial charge on any atom is -0.367 e. The van der Waals surface area contributed by atoms with Crippen molar-refractivity contribution < 1.29 is 9.26 Å². The molecule has 5 heteroatoms. The molecule has 1 aliphatic rings. The SMILES string of the molecule is CC(N)CCc1nc(C2(C)CCCO2)no1. The Morgan fingerprint density at radius 3 is 3.00 bits per heavy atom. The van der Waals surface area contributed by atoms with Gasteiger partial charge in [0.05, 0.1) is 0 Å². The van der Waals surface area contributed by atoms with Crippen LogP contribution >= 0.6 is 0 Å². The molecule has 1 saturated heterocycles. The van der Waals surface area contributed by atoms with E-state index in [2.05, 4.69) is 10.1 Å². The van der Waals surface area contributed by atoms with Gasteiger partial charge in [0, 0.05) is 19.1 Å². The Labute approximate surface area is 95.3 Å². The van der Waals surface area contributed by atoms with E-state index in [4.69, 9.17) is 15.0 Å². The van der Waals surface area contributed by atoms with Crippen molar-refractivity contribution in [1.82, 2.24) is 10.1 Å². The number of nitrogens with two attached hydrogens (primary N) is 1. The molecule has 2 atom stereocenters. The molecule has 0 saturated carbocycles. The largest absolute Gasteiger partial charge is 0.367 e. The van der Waals surface area contributed by atoms with Crippen LogP contribution in [0.25, 0.3) is 0 Å². The molecule has 2 heterocycles. The summed E-state index contributed by atoms with van der Waals surface area (Å²) in [4.78, 5) is 4.38. The predicted molar refractivity (Wildman–Crippen MR) is 58.8 cm³/mol. The molecular formula is C11H19N3O2. The van der Waals surface area contributed by atoms with E-state index < -0.39 is 0 Å². The van der Waals surface area contributed by atoms with E-state index in [1.165, 1.54) is 0 Å². The third kappa shape index (κ3) is 2.41. The van der Waals surface area contributed by atoms with Crippen LogP contribution in [0.3, 0.4) is 0 Å². The van der Waals surface area contributed by atoms with Crippen LogP contribution in [0.4, 0.5) is 0 Å². The van der Waals surface area contributed by atoms with Crippen molar-refractivity contribution in [2.24, 2.45) is 5.73 Å². The lowest BCUT2D eigenvalue weighted by Gasteiger charge is -2.17. The van der Waals surface area contributed by atoms with Crippen molar-refractivity contribution in [3.8, 4) is 0 Å². The number of aryl methyl sites for hydroxylation is 1. The molecule has 1 fully saturated rings. The van der Waals surface area contributed by atoms with E-state index in [1.54, 1.807) is 0 Å². The van der Waals surface area contributed by atoms with Crippen LogP contribution in [0.5, 0.6) is 0 Å². The maximum absolute atomic E-state index is 5.68. The molecule has 1 aromatic heterocycles. The van der Waals surface area contributed by atoms with Crippen LogP contribution in [-0.2, 0) is 16.8 Å². The number of ether oxygens (including phenoxy) is 1. The maximum Gasteiger partial charge on any atom is 0.226 e. The minimum atomic E-state index is -0.351.